The highest BCUT2D eigenvalue weighted by molar-refractivity contribution is 5.58. The van der Waals surface area contributed by atoms with E-state index in [-0.39, 0.29) is 11.5 Å². The highest BCUT2D eigenvalue weighted by Crippen LogP contribution is 2.23. The molecule has 3 aromatic rings. The van der Waals surface area contributed by atoms with Gasteiger partial charge in [-0.05, 0) is 30.3 Å². The minimum Gasteiger partial charge on any atom is -0.399 e. The Morgan fingerprint density at radius 1 is 1.20 bits per heavy atom. The van der Waals surface area contributed by atoms with Crippen molar-refractivity contribution < 1.29 is 8.91 Å². The van der Waals surface area contributed by atoms with Gasteiger partial charge >= 0.3 is 0 Å². The van der Waals surface area contributed by atoms with Crippen LogP contribution in [-0.4, -0.2) is 15.1 Å². The Morgan fingerprint density at radius 2 is 2.10 bits per heavy atom. The maximum absolute atomic E-state index is 13.8. The average Bonchev–Trinajstić information content (AvgIpc) is 2.88. The number of rotatable bonds is 3. The van der Waals surface area contributed by atoms with E-state index in [0.29, 0.717) is 17.9 Å². The standard InChI is InChI=1S/C14H11FN4O/c15-12-7-9(16)4-5-11(12)14-18-13(19-20-14)8-10-3-1-2-6-17-10/h1-7H,8,16H2. The van der Waals surface area contributed by atoms with E-state index in [2.05, 4.69) is 15.1 Å². The van der Waals surface area contributed by atoms with Gasteiger partial charge in [0.25, 0.3) is 5.89 Å². The summed E-state index contributed by atoms with van der Waals surface area (Å²) < 4.78 is 18.8. The lowest BCUT2D eigenvalue weighted by Gasteiger charge is -1.98. The third-order valence-electron chi connectivity index (χ3n) is 2.76. The van der Waals surface area contributed by atoms with Crippen LogP contribution in [0.25, 0.3) is 11.5 Å². The Balaban J connectivity index is 1.87. The molecule has 0 atom stereocenters. The molecular formula is C14H11FN4O. The van der Waals surface area contributed by atoms with Gasteiger partial charge in [-0.25, -0.2) is 4.39 Å². The van der Waals surface area contributed by atoms with Crippen LogP contribution in [0.15, 0.2) is 47.1 Å². The Kier molecular flexibility index (Phi) is 3.12. The van der Waals surface area contributed by atoms with Crippen LogP contribution in [0.3, 0.4) is 0 Å². The van der Waals surface area contributed by atoms with Crippen LogP contribution < -0.4 is 5.73 Å². The smallest absolute Gasteiger partial charge is 0.260 e. The van der Waals surface area contributed by atoms with Crippen molar-refractivity contribution in [3.05, 3.63) is 59.9 Å². The number of aromatic nitrogens is 3. The molecular weight excluding hydrogens is 259 g/mol. The number of nitrogens with two attached hydrogens (primary N) is 1. The van der Waals surface area contributed by atoms with Gasteiger partial charge in [-0.1, -0.05) is 11.2 Å². The van der Waals surface area contributed by atoms with Crippen LogP contribution >= 0.6 is 0 Å². The van der Waals surface area contributed by atoms with Gasteiger partial charge < -0.3 is 10.3 Å². The molecule has 0 fully saturated rings. The van der Waals surface area contributed by atoms with Crippen LogP contribution in [0, 0.1) is 5.82 Å². The van der Waals surface area contributed by atoms with Crippen molar-refractivity contribution in [1.29, 1.82) is 0 Å². The number of halogens is 1. The Labute approximate surface area is 114 Å². The number of hydrogen-bond donors (Lipinski definition) is 1. The van der Waals surface area contributed by atoms with Crippen LogP contribution in [0.2, 0.25) is 0 Å². The second kappa shape index (κ2) is 5.08. The molecule has 20 heavy (non-hydrogen) atoms. The van der Waals surface area contributed by atoms with Crippen molar-refractivity contribution in [3.63, 3.8) is 0 Å². The number of nitrogen functional groups attached to an aromatic ring is 1. The maximum atomic E-state index is 13.8. The predicted molar refractivity (Wildman–Crippen MR) is 71.1 cm³/mol. The third-order valence-corrected chi connectivity index (χ3v) is 2.76. The lowest BCUT2D eigenvalue weighted by molar-refractivity contribution is 0.421. The molecule has 2 aromatic heterocycles. The largest absolute Gasteiger partial charge is 0.399 e. The summed E-state index contributed by atoms with van der Waals surface area (Å²) in [5.74, 6) is 0.0985. The summed E-state index contributed by atoms with van der Waals surface area (Å²) in [4.78, 5) is 8.34. The van der Waals surface area contributed by atoms with Crippen LogP contribution in [-0.2, 0) is 6.42 Å². The molecule has 0 bridgehead atoms. The number of hydrogen-bond acceptors (Lipinski definition) is 5. The van der Waals surface area contributed by atoms with Crippen LogP contribution in [0.1, 0.15) is 11.5 Å². The fourth-order valence-electron chi connectivity index (χ4n) is 1.80. The number of nitrogens with zero attached hydrogens (tertiary/aromatic N) is 3. The average molecular weight is 270 g/mol. The molecule has 2 N–H and O–H groups in total. The fourth-order valence-corrected chi connectivity index (χ4v) is 1.80. The molecule has 0 unspecified atom stereocenters. The van der Waals surface area contributed by atoms with E-state index in [4.69, 9.17) is 10.3 Å². The van der Waals surface area contributed by atoms with Gasteiger partial charge in [0, 0.05) is 17.6 Å². The van der Waals surface area contributed by atoms with Gasteiger partial charge in [0.15, 0.2) is 5.82 Å². The zero-order valence-electron chi connectivity index (χ0n) is 10.5. The van der Waals surface area contributed by atoms with Crippen molar-refractivity contribution in [2.45, 2.75) is 6.42 Å². The molecule has 5 nitrogen and oxygen atoms in total. The molecule has 0 aliphatic carbocycles. The number of benzene rings is 1. The van der Waals surface area contributed by atoms with E-state index >= 15 is 0 Å². The summed E-state index contributed by atoms with van der Waals surface area (Å²) >= 11 is 0. The van der Waals surface area contributed by atoms with Crippen molar-refractivity contribution >= 4 is 5.69 Å². The summed E-state index contributed by atoms with van der Waals surface area (Å²) in [5, 5.41) is 3.83. The van der Waals surface area contributed by atoms with Crippen molar-refractivity contribution in [2.24, 2.45) is 0 Å². The summed E-state index contributed by atoms with van der Waals surface area (Å²) in [5.41, 5.74) is 6.90. The fraction of sp³-hybridized carbons (Fsp3) is 0.0714. The van der Waals surface area contributed by atoms with E-state index in [0.717, 1.165) is 5.69 Å². The van der Waals surface area contributed by atoms with E-state index < -0.39 is 5.82 Å². The molecule has 0 spiro atoms. The second-order valence-electron chi connectivity index (χ2n) is 4.25. The molecule has 0 amide bonds. The lowest BCUT2D eigenvalue weighted by Crippen LogP contribution is -1.93. The molecule has 0 radical (unpaired) electrons. The predicted octanol–water partition coefficient (Wildman–Crippen LogP) is 2.44. The highest BCUT2D eigenvalue weighted by Gasteiger charge is 2.13. The SMILES string of the molecule is Nc1ccc(-c2nc(Cc3ccccn3)no2)c(F)c1. The summed E-state index contributed by atoms with van der Waals surface area (Å²) in [6, 6.07) is 9.89. The highest BCUT2D eigenvalue weighted by atomic mass is 19.1. The zero-order chi connectivity index (χ0) is 13.9. The molecule has 0 aliphatic heterocycles. The van der Waals surface area contributed by atoms with E-state index in [1.54, 1.807) is 12.3 Å². The lowest BCUT2D eigenvalue weighted by atomic mass is 10.2. The van der Waals surface area contributed by atoms with E-state index in [9.17, 15) is 4.39 Å². The van der Waals surface area contributed by atoms with Gasteiger partial charge in [-0.3, -0.25) is 4.98 Å². The van der Waals surface area contributed by atoms with E-state index in [1.807, 2.05) is 18.2 Å². The molecule has 3 rings (SSSR count). The molecule has 6 heteroatoms. The van der Waals surface area contributed by atoms with Crippen molar-refractivity contribution in [2.75, 3.05) is 5.73 Å². The summed E-state index contributed by atoms with van der Waals surface area (Å²) in [6.07, 6.45) is 2.12. The third kappa shape index (κ3) is 2.49. The molecule has 0 aliphatic rings. The minimum atomic E-state index is -0.488. The summed E-state index contributed by atoms with van der Waals surface area (Å²) in [6.45, 7) is 0. The van der Waals surface area contributed by atoms with E-state index in [1.165, 1.54) is 12.1 Å². The van der Waals surface area contributed by atoms with Gasteiger partial charge in [0.2, 0.25) is 0 Å². The topological polar surface area (TPSA) is 77.8 Å². The van der Waals surface area contributed by atoms with Gasteiger partial charge in [0.1, 0.15) is 5.82 Å². The molecule has 100 valence electrons. The first kappa shape index (κ1) is 12.3. The van der Waals surface area contributed by atoms with Crippen LogP contribution in [0.4, 0.5) is 10.1 Å². The first-order valence-corrected chi connectivity index (χ1v) is 6.00. The minimum absolute atomic E-state index is 0.133. The second-order valence-corrected chi connectivity index (χ2v) is 4.25. The molecule has 1 aromatic carbocycles. The van der Waals surface area contributed by atoms with Gasteiger partial charge in [-0.2, -0.15) is 4.98 Å². The monoisotopic (exact) mass is 270 g/mol. The van der Waals surface area contributed by atoms with Crippen molar-refractivity contribution in [1.82, 2.24) is 15.1 Å². The van der Waals surface area contributed by atoms with Crippen LogP contribution in [0.5, 0.6) is 0 Å². The van der Waals surface area contributed by atoms with Gasteiger partial charge in [0.05, 0.1) is 12.0 Å². The Morgan fingerprint density at radius 3 is 2.85 bits per heavy atom. The van der Waals surface area contributed by atoms with Crippen molar-refractivity contribution in [3.8, 4) is 11.5 Å². The number of pyridine rings is 1. The quantitative estimate of drug-likeness (QED) is 0.739. The molecule has 0 saturated heterocycles. The molecule has 2 heterocycles. The maximum Gasteiger partial charge on any atom is 0.260 e. The summed E-state index contributed by atoms with van der Waals surface area (Å²) in [7, 11) is 0. The van der Waals surface area contributed by atoms with Gasteiger partial charge in [-0.15, -0.1) is 0 Å². The first-order valence-electron chi connectivity index (χ1n) is 6.00. The Hall–Kier alpha value is -2.76. The molecule has 0 saturated carbocycles. The Bertz CT molecular complexity index is 727. The number of anilines is 1. The first-order chi connectivity index (χ1) is 9.72. The normalized spacial score (nSPS) is 10.7. The zero-order valence-corrected chi connectivity index (χ0v) is 10.5.